The molecule has 2 atom stereocenters. The molecule has 0 aliphatic carbocycles. The van der Waals surface area contributed by atoms with Crippen LogP contribution in [0.2, 0.25) is 0 Å². The summed E-state index contributed by atoms with van der Waals surface area (Å²) in [4.78, 5) is 45.3. The Kier molecular flexibility index (Phi) is 6.47. The lowest BCUT2D eigenvalue weighted by Crippen LogP contribution is -2.47. The Balaban J connectivity index is 1.73. The zero-order valence-corrected chi connectivity index (χ0v) is 20.2. The van der Waals surface area contributed by atoms with Crippen molar-refractivity contribution < 1.29 is 19.1 Å². The summed E-state index contributed by atoms with van der Waals surface area (Å²) in [6.45, 7) is 1.99. The van der Waals surface area contributed by atoms with E-state index in [9.17, 15) is 14.4 Å². The van der Waals surface area contributed by atoms with Gasteiger partial charge in [-0.2, -0.15) is 0 Å². The highest BCUT2D eigenvalue weighted by Crippen LogP contribution is 2.37. The largest absolute Gasteiger partial charge is 0.467 e. The van der Waals surface area contributed by atoms with Gasteiger partial charge in [-0.1, -0.05) is 43.3 Å². The maximum absolute atomic E-state index is 12.8. The third kappa shape index (κ3) is 4.45. The number of aromatic nitrogens is 2. The maximum atomic E-state index is 12.8. The highest BCUT2D eigenvalue weighted by molar-refractivity contribution is 5.97. The molecule has 0 spiro atoms. The van der Waals surface area contributed by atoms with E-state index in [1.807, 2.05) is 55.5 Å². The fourth-order valence-electron chi connectivity index (χ4n) is 4.93. The van der Waals surface area contributed by atoms with Crippen molar-refractivity contribution >= 4 is 39.6 Å². The molecule has 5 N–H and O–H groups in total. The first kappa shape index (κ1) is 23.6. The lowest BCUT2D eigenvalue weighted by Gasteiger charge is -2.17. The third-order valence-electron chi connectivity index (χ3n) is 6.74. The zero-order valence-electron chi connectivity index (χ0n) is 20.2. The second kappa shape index (κ2) is 9.87. The molecule has 36 heavy (non-hydrogen) atoms. The number of amides is 2. The quantitative estimate of drug-likeness (QED) is 0.263. The molecule has 0 saturated carbocycles. The Morgan fingerprint density at radius 2 is 1.47 bits per heavy atom. The molecule has 0 fully saturated rings. The van der Waals surface area contributed by atoms with E-state index in [4.69, 9.17) is 4.74 Å². The number of carbonyl (C=O) groups is 3. The molecule has 9 nitrogen and oxygen atoms in total. The monoisotopic (exact) mass is 487 g/mol. The second-order valence-corrected chi connectivity index (χ2v) is 9.15. The zero-order chi connectivity index (χ0) is 25.2. The first-order valence-electron chi connectivity index (χ1n) is 12.0. The molecule has 0 saturated heterocycles. The van der Waals surface area contributed by atoms with Crippen molar-refractivity contribution in [1.82, 2.24) is 25.9 Å². The van der Waals surface area contributed by atoms with Crippen LogP contribution in [0.3, 0.4) is 0 Å². The molecule has 0 bridgehead atoms. The van der Waals surface area contributed by atoms with Crippen molar-refractivity contribution in [3.63, 3.8) is 0 Å². The van der Waals surface area contributed by atoms with Gasteiger partial charge in [0.1, 0.15) is 6.04 Å². The molecule has 5 rings (SSSR count). The van der Waals surface area contributed by atoms with E-state index in [1.165, 1.54) is 7.11 Å². The number of H-pyrrole nitrogens is 2. The number of para-hydroxylation sites is 2. The van der Waals surface area contributed by atoms with Gasteiger partial charge in [0, 0.05) is 34.1 Å². The molecule has 1 aliphatic rings. The average molecular weight is 488 g/mol. The molecule has 9 heteroatoms. The van der Waals surface area contributed by atoms with Gasteiger partial charge in [0.25, 0.3) is 0 Å². The number of fused-ring (bicyclic) bond motifs is 7. The van der Waals surface area contributed by atoms with E-state index in [1.54, 1.807) is 0 Å². The van der Waals surface area contributed by atoms with E-state index >= 15 is 0 Å². The number of hydrogen-bond donors (Lipinski definition) is 5. The molecule has 1 aliphatic heterocycles. The summed E-state index contributed by atoms with van der Waals surface area (Å²) < 4.78 is 5.03. The number of methoxy groups -OCH3 is 1. The van der Waals surface area contributed by atoms with E-state index < -0.39 is 12.0 Å². The molecule has 3 heterocycles. The second-order valence-electron chi connectivity index (χ2n) is 9.15. The van der Waals surface area contributed by atoms with Gasteiger partial charge in [0.05, 0.1) is 31.7 Å². The Morgan fingerprint density at radius 1 is 0.889 bits per heavy atom. The Bertz CT molecular complexity index is 1450. The average Bonchev–Trinajstić information content (AvgIpc) is 3.43. The van der Waals surface area contributed by atoms with Crippen molar-refractivity contribution in [1.29, 1.82) is 0 Å². The minimum absolute atomic E-state index is 0.0490. The summed E-state index contributed by atoms with van der Waals surface area (Å²) in [5, 5.41) is 10.5. The summed E-state index contributed by atoms with van der Waals surface area (Å²) in [6, 6.07) is 15.0. The predicted molar refractivity (Wildman–Crippen MR) is 137 cm³/mol. The lowest BCUT2D eigenvalue weighted by molar-refractivity contribution is -0.144. The lowest BCUT2D eigenvalue weighted by atomic mass is 9.94. The number of rotatable bonds is 1. The molecule has 2 aromatic heterocycles. The topological polar surface area (TPSA) is 128 Å². The van der Waals surface area contributed by atoms with Gasteiger partial charge in [0.2, 0.25) is 11.8 Å². The first-order valence-corrected chi connectivity index (χ1v) is 12.0. The summed E-state index contributed by atoms with van der Waals surface area (Å²) in [6.07, 6.45) is 0.747. The van der Waals surface area contributed by atoms with Crippen LogP contribution >= 0.6 is 0 Å². The Hall–Kier alpha value is -4.11. The van der Waals surface area contributed by atoms with Crippen LogP contribution in [0.1, 0.15) is 18.1 Å². The molecule has 1 unspecified atom stereocenters. The van der Waals surface area contributed by atoms with Gasteiger partial charge in [-0.05, 0) is 29.7 Å². The predicted octanol–water partition coefficient (Wildman–Crippen LogP) is 2.37. The van der Waals surface area contributed by atoms with Crippen LogP contribution in [0.4, 0.5) is 0 Å². The number of ether oxygens (including phenoxy) is 1. The number of benzene rings is 2. The molecule has 2 amide bonds. The summed E-state index contributed by atoms with van der Waals surface area (Å²) in [5.74, 6) is -1.31. The van der Waals surface area contributed by atoms with Crippen LogP contribution in [0, 0.1) is 5.92 Å². The van der Waals surface area contributed by atoms with Crippen LogP contribution in [-0.4, -0.2) is 54.1 Å². The van der Waals surface area contributed by atoms with Crippen molar-refractivity contribution in [3.05, 3.63) is 59.7 Å². The summed E-state index contributed by atoms with van der Waals surface area (Å²) in [7, 11) is 1.31. The first-order chi connectivity index (χ1) is 17.5. The summed E-state index contributed by atoms with van der Waals surface area (Å²) in [5.41, 5.74) is 5.46. The third-order valence-corrected chi connectivity index (χ3v) is 6.74. The van der Waals surface area contributed by atoms with Crippen LogP contribution in [0.25, 0.3) is 33.2 Å². The van der Waals surface area contributed by atoms with Gasteiger partial charge < -0.3 is 25.3 Å². The Morgan fingerprint density at radius 3 is 2.08 bits per heavy atom. The number of hydrogen-bond acceptors (Lipinski definition) is 5. The van der Waals surface area contributed by atoms with Crippen LogP contribution in [0.15, 0.2) is 48.5 Å². The number of nitrogens with one attached hydrogen (secondary N) is 5. The minimum atomic E-state index is -0.881. The highest BCUT2D eigenvalue weighted by Gasteiger charge is 2.28. The SMILES string of the molecule is COC(=O)[C@@H]1Cc2c([nH]c3ccccc23)-c2[nH]c3ccccc3c2CC(C)C(=O)NCNCC(=O)N1. The van der Waals surface area contributed by atoms with Crippen molar-refractivity contribution in [3.8, 4) is 11.4 Å². The molecular formula is C27H29N5O4. The molecule has 186 valence electrons. The molecule has 4 aromatic rings. The van der Waals surface area contributed by atoms with Crippen LogP contribution in [0.5, 0.6) is 0 Å². The van der Waals surface area contributed by atoms with Crippen molar-refractivity contribution in [2.75, 3.05) is 20.3 Å². The minimum Gasteiger partial charge on any atom is -0.467 e. The molecule has 0 radical (unpaired) electrons. The molecule has 2 aromatic carbocycles. The van der Waals surface area contributed by atoms with E-state index in [0.717, 1.165) is 44.3 Å². The normalized spacial score (nSPS) is 19.5. The summed E-state index contributed by atoms with van der Waals surface area (Å²) >= 11 is 0. The standard InChI is InChI=1S/C27H29N5O4/c1-15-11-18-16-7-3-5-9-20(16)31-24(18)25-19(17-8-4-6-10-21(17)32-25)12-22(27(35)36-2)30-23(33)13-28-14-29-26(15)34/h3-10,15,22,28,31-32H,11-14H2,1-2H3,(H,29,34)(H,30,33)/t15?,22-/m0/s1. The number of aromatic amines is 2. The van der Waals surface area contributed by atoms with Crippen LogP contribution in [-0.2, 0) is 32.0 Å². The van der Waals surface area contributed by atoms with Gasteiger partial charge in [-0.3, -0.25) is 14.9 Å². The number of esters is 1. The Labute approximate surface area is 208 Å². The van der Waals surface area contributed by atoms with Gasteiger partial charge in [-0.15, -0.1) is 0 Å². The van der Waals surface area contributed by atoms with E-state index in [2.05, 4.69) is 25.9 Å². The van der Waals surface area contributed by atoms with Crippen molar-refractivity contribution in [2.24, 2.45) is 5.92 Å². The number of carbonyl (C=O) groups excluding carboxylic acids is 3. The smallest absolute Gasteiger partial charge is 0.328 e. The van der Waals surface area contributed by atoms with Gasteiger partial charge in [0.15, 0.2) is 0 Å². The maximum Gasteiger partial charge on any atom is 0.328 e. The fraction of sp³-hybridized carbons (Fsp3) is 0.296. The van der Waals surface area contributed by atoms with Gasteiger partial charge >= 0.3 is 5.97 Å². The van der Waals surface area contributed by atoms with Crippen molar-refractivity contribution in [2.45, 2.75) is 25.8 Å². The van der Waals surface area contributed by atoms with Gasteiger partial charge in [-0.25, -0.2) is 4.79 Å². The van der Waals surface area contributed by atoms with Crippen LogP contribution < -0.4 is 16.0 Å². The van der Waals surface area contributed by atoms with E-state index in [-0.39, 0.29) is 37.4 Å². The highest BCUT2D eigenvalue weighted by atomic mass is 16.5. The fourth-order valence-corrected chi connectivity index (χ4v) is 4.93. The van der Waals surface area contributed by atoms with E-state index in [0.29, 0.717) is 6.42 Å². The molecular weight excluding hydrogens is 458 g/mol.